The number of rotatable bonds is 7. The monoisotopic (exact) mass is 283 g/mol. The average molecular weight is 283 g/mol. The summed E-state index contributed by atoms with van der Waals surface area (Å²) in [6, 6.07) is 0.987. The molecule has 1 aliphatic rings. The Morgan fingerprint density at radius 3 is 2.75 bits per heavy atom. The number of primary amides is 1. The second-order valence-corrected chi connectivity index (χ2v) is 6.61. The van der Waals surface area contributed by atoms with Gasteiger partial charge in [-0.05, 0) is 59.5 Å². The zero-order valence-corrected chi connectivity index (χ0v) is 13.7. The average Bonchev–Trinajstić information content (AvgIpc) is 2.60. The molecule has 1 amide bonds. The fourth-order valence-corrected chi connectivity index (χ4v) is 3.32. The van der Waals surface area contributed by atoms with E-state index in [4.69, 9.17) is 5.73 Å². The predicted octanol–water partition coefficient (Wildman–Crippen LogP) is 2.27. The second-order valence-electron chi connectivity index (χ2n) is 6.61. The lowest BCUT2D eigenvalue weighted by atomic mass is 9.91. The Balaban J connectivity index is 2.68. The topological polar surface area (TPSA) is 58.4 Å². The molecule has 3 N–H and O–H groups in total. The maximum absolute atomic E-state index is 11.8. The van der Waals surface area contributed by atoms with E-state index in [1.807, 2.05) is 6.92 Å². The maximum atomic E-state index is 11.8. The minimum absolute atomic E-state index is 0.236. The van der Waals surface area contributed by atoms with E-state index in [9.17, 15) is 4.79 Å². The molecule has 0 spiro atoms. The minimum Gasteiger partial charge on any atom is -0.368 e. The van der Waals surface area contributed by atoms with Crippen molar-refractivity contribution in [2.24, 2.45) is 5.73 Å². The first-order chi connectivity index (χ1) is 9.40. The lowest BCUT2D eigenvalue weighted by molar-refractivity contribution is -0.124. The molecule has 1 aliphatic heterocycles. The SMILES string of the molecule is CCCNC(C)(CC(C)N1CCCCCC1C)C(N)=O. The molecule has 0 aliphatic carbocycles. The number of hydrogen-bond donors (Lipinski definition) is 2. The third-order valence-electron chi connectivity index (χ3n) is 4.68. The molecule has 20 heavy (non-hydrogen) atoms. The third kappa shape index (κ3) is 4.74. The summed E-state index contributed by atoms with van der Waals surface area (Å²) in [5, 5.41) is 3.34. The van der Waals surface area contributed by atoms with Gasteiger partial charge in [-0.15, -0.1) is 0 Å². The Bertz CT molecular complexity index is 308. The predicted molar refractivity (Wildman–Crippen MR) is 84.6 cm³/mol. The van der Waals surface area contributed by atoms with Gasteiger partial charge in [0.1, 0.15) is 0 Å². The van der Waals surface area contributed by atoms with Crippen molar-refractivity contribution >= 4 is 5.91 Å². The van der Waals surface area contributed by atoms with Crippen LogP contribution in [-0.2, 0) is 4.79 Å². The largest absolute Gasteiger partial charge is 0.368 e. The van der Waals surface area contributed by atoms with E-state index in [1.54, 1.807) is 0 Å². The summed E-state index contributed by atoms with van der Waals surface area (Å²) in [4.78, 5) is 14.4. The molecule has 0 radical (unpaired) electrons. The van der Waals surface area contributed by atoms with Crippen molar-refractivity contribution in [3.8, 4) is 0 Å². The normalized spacial score (nSPS) is 25.7. The molecular formula is C16H33N3O. The van der Waals surface area contributed by atoms with Crippen LogP contribution in [0.5, 0.6) is 0 Å². The van der Waals surface area contributed by atoms with Crippen LogP contribution in [0.1, 0.15) is 66.2 Å². The lowest BCUT2D eigenvalue weighted by Crippen LogP contribution is -2.57. The maximum Gasteiger partial charge on any atom is 0.237 e. The van der Waals surface area contributed by atoms with Crippen LogP contribution in [0.2, 0.25) is 0 Å². The lowest BCUT2D eigenvalue weighted by Gasteiger charge is -2.38. The van der Waals surface area contributed by atoms with Gasteiger partial charge >= 0.3 is 0 Å². The summed E-state index contributed by atoms with van der Waals surface area (Å²) in [5.74, 6) is -0.236. The first-order valence-corrected chi connectivity index (χ1v) is 8.21. The number of nitrogens with two attached hydrogens (primary N) is 1. The number of nitrogens with zero attached hydrogens (tertiary/aromatic N) is 1. The highest BCUT2D eigenvalue weighted by Crippen LogP contribution is 2.23. The molecule has 0 saturated carbocycles. The molecule has 3 unspecified atom stereocenters. The Labute approximate surface area is 124 Å². The second kappa shape index (κ2) is 7.99. The van der Waals surface area contributed by atoms with Gasteiger partial charge in [-0.3, -0.25) is 9.69 Å². The van der Waals surface area contributed by atoms with E-state index in [0.717, 1.165) is 25.9 Å². The number of hydrogen-bond acceptors (Lipinski definition) is 3. The van der Waals surface area contributed by atoms with Gasteiger partial charge < -0.3 is 11.1 Å². The standard InChI is InChI=1S/C16H33N3O/c1-5-10-18-16(4,15(17)20)12-14(3)19-11-8-6-7-9-13(19)2/h13-14,18H,5-12H2,1-4H3,(H2,17,20). The van der Waals surface area contributed by atoms with Crippen molar-refractivity contribution < 1.29 is 4.79 Å². The molecule has 4 heteroatoms. The number of amides is 1. The van der Waals surface area contributed by atoms with Gasteiger partial charge in [0.25, 0.3) is 0 Å². The summed E-state index contributed by atoms with van der Waals surface area (Å²) in [6.07, 6.45) is 6.98. The van der Waals surface area contributed by atoms with Crippen LogP contribution in [0.3, 0.4) is 0 Å². The molecule has 1 rings (SSSR count). The molecule has 3 atom stereocenters. The zero-order chi connectivity index (χ0) is 15.2. The molecule has 0 aromatic rings. The number of likely N-dealkylation sites (tertiary alicyclic amines) is 1. The highest BCUT2D eigenvalue weighted by molar-refractivity contribution is 5.84. The van der Waals surface area contributed by atoms with Crippen molar-refractivity contribution in [3.05, 3.63) is 0 Å². The first-order valence-electron chi connectivity index (χ1n) is 8.21. The summed E-state index contributed by atoms with van der Waals surface area (Å²) >= 11 is 0. The molecular weight excluding hydrogens is 250 g/mol. The Morgan fingerprint density at radius 1 is 1.45 bits per heavy atom. The fraction of sp³-hybridized carbons (Fsp3) is 0.938. The highest BCUT2D eigenvalue weighted by atomic mass is 16.1. The molecule has 1 heterocycles. The number of nitrogens with one attached hydrogen (secondary N) is 1. The van der Waals surface area contributed by atoms with E-state index in [0.29, 0.717) is 12.1 Å². The van der Waals surface area contributed by atoms with Crippen LogP contribution >= 0.6 is 0 Å². The van der Waals surface area contributed by atoms with Crippen molar-refractivity contribution in [1.29, 1.82) is 0 Å². The Kier molecular flexibility index (Phi) is 6.96. The van der Waals surface area contributed by atoms with Crippen LogP contribution < -0.4 is 11.1 Å². The quantitative estimate of drug-likeness (QED) is 0.753. The Morgan fingerprint density at radius 2 is 2.15 bits per heavy atom. The van der Waals surface area contributed by atoms with E-state index in [2.05, 4.69) is 31.0 Å². The van der Waals surface area contributed by atoms with E-state index in [-0.39, 0.29) is 5.91 Å². The zero-order valence-electron chi connectivity index (χ0n) is 13.7. The van der Waals surface area contributed by atoms with Gasteiger partial charge in [0.15, 0.2) is 0 Å². The first kappa shape index (κ1) is 17.4. The van der Waals surface area contributed by atoms with E-state index < -0.39 is 5.54 Å². The summed E-state index contributed by atoms with van der Waals surface area (Å²) in [7, 11) is 0. The molecule has 1 saturated heterocycles. The van der Waals surface area contributed by atoms with Crippen LogP contribution in [0.4, 0.5) is 0 Å². The number of carbonyl (C=O) groups is 1. The van der Waals surface area contributed by atoms with Gasteiger partial charge in [-0.1, -0.05) is 19.8 Å². The molecule has 0 aromatic heterocycles. The molecule has 1 fully saturated rings. The highest BCUT2D eigenvalue weighted by Gasteiger charge is 2.34. The van der Waals surface area contributed by atoms with Gasteiger partial charge in [-0.2, -0.15) is 0 Å². The summed E-state index contributed by atoms with van der Waals surface area (Å²) in [6.45, 7) is 10.6. The molecule has 0 bridgehead atoms. The smallest absolute Gasteiger partial charge is 0.237 e. The minimum atomic E-state index is -0.596. The Hall–Kier alpha value is -0.610. The van der Waals surface area contributed by atoms with E-state index in [1.165, 1.54) is 25.7 Å². The van der Waals surface area contributed by atoms with Crippen molar-refractivity contribution in [3.63, 3.8) is 0 Å². The van der Waals surface area contributed by atoms with Crippen LogP contribution in [-0.4, -0.2) is 41.5 Å². The van der Waals surface area contributed by atoms with Gasteiger partial charge in [0.2, 0.25) is 5.91 Å². The molecule has 4 nitrogen and oxygen atoms in total. The third-order valence-corrected chi connectivity index (χ3v) is 4.68. The van der Waals surface area contributed by atoms with Gasteiger partial charge in [-0.25, -0.2) is 0 Å². The fourth-order valence-electron chi connectivity index (χ4n) is 3.32. The molecule has 0 aromatic carbocycles. The van der Waals surface area contributed by atoms with Crippen LogP contribution in [0.25, 0.3) is 0 Å². The van der Waals surface area contributed by atoms with Crippen LogP contribution in [0.15, 0.2) is 0 Å². The summed E-state index contributed by atoms with van der Waals surface area (Å²) in [5.41, 5.74) is 5.04. The van der Waals surface area contributed by atoms with Crippen molar-refractivity contribution in [1.82, 2.24) is 10.2 Å². The van der Waals surface area contributed by atoms with Crippen LogP contribution in [0, 0.1) is 0 Å². The van der Waals surface area contributed by atoms with Crippen molar-refractivity contribution in [2.75, 3.05) is 13.1 Å². The van der Waals surface area contributed by atoms with Gasteiger partial charge in [0, 0.05) is 12.1 Å². The molecule has 118 valence electrons. The van der Waals surface area contributed by atoms with E-state index >= 15 is 0 Å². The van der Waals surface area contributed by atoms with Gasteiger partial charge in [0.05, 0.1) is 5.54 Å². The summed E-state index contributed by atoms with van der Waals surface area (Å²) < 4.78 is 0. The van der Waals surface area contributed by atoms with Crippen molar-refractivity contribution in [2.45, 2.75) is 83.8 Å². The number of carbonyl (C=O) groups excluding carboxylic acids is 1.